The third kappa shape index (κ3) is 13.1. The zero-order valence-electron chi connectivity index (χ0n) is 39.0. The quantitative estimate of drug-likeness (QED) is 0.0454. The molecular formula is C48H61N11O8. The van der Waals surface area contributed by atoms with Crippen LogP contribution in [0.25, 0.3) is 22.5 Å². The predicted molar refractivity (Wildman–Crippen MR) is 250 cm³/mol. The average molecular weight is 920 g/mol. The van der Waals surface area contributed by atoms with E-state index in [1.165, 1.54) is 32.2 Å². The Labute approximate surface area is 390 Å². The number of carbonyl (C=O) groups excluding carboxylic acids is 5. The maximum atomic E-state index is 14.8. The SMILES string of the molecule is CONCCC(NC(=O)c1cnc(-c2ccc(C(C)(C)C)cc2)nc1C)C(=O)N(C)C1C(=O)NC(C)C(=O)NC(C(=O)NCC#N)Cc2ccc(OCCN)c(c2)-c2cc1ccc2OCCN. The maximum absolute atomic E-state index is 14.8. The second kappa shape index (κ2) is 23.5. The first kappa shape index (κ1) is 51.0. The van der Waals surface area contributed by atoms with Crippen molar-refractivity contribution in [1.29, 1.82) is 5.26 Å². The van der Waals surface area contributed by atoms with Crippen LogP contribution in [-0.4, -0.2) is 116 Å². The van der Waals surface area contributed by atoms with Gasteiger partial charge in [-0.25, -0.2) is 15.4 Å². The molecule has 0 fully saturated rings. The van der Waals surface area contributed by atoms with Gasteiger partial charge in [0.05, 0.1) is 24.4 Å². The summed E-state index contributed by atoms with van der Waals surface area (Å²) in [5.41, 5.74) is 18.6. The van der Waals surface area contributed by atoms with Gasteiger partial charge in [0.25, 0.3) is 5.91 Å². The predicted octanol–water partition coefficient (Wildman–Crippen LogP) is 2.12. The third-order valence-corrected chi connectivity index (χ3v) is 11.1. The van der Waals surface area contributed by atoms with E-state index in [0.717, 1.165) is 11.1 Å². The van der Waals surface area contributed by atoms with Crippen molar-refractivity contribution in [1.82, 2.24) is 41.6 Å². The Kier molecular flexibility index (Phi) is 17.9. The highest BCUT2D eigenvalue weighted by Gasteiger charge is 2.36. The van der Waals surface area contributed by atoms with Crippen molar-refractivity contribution in [3.05, 3.63) is 94.8 Å². The minimum Gasteiger partial charge on any atom is -0.492 e. The van der Waals surface area contributed by atoms with Crippen molar-refractivity contribution < 1.29 is 38.3 Å². The molecule has 19 nitrogen and oxygen atoms in total. The van der Waals surface area contributed by atoms with Crippen LogP contribution < -0.4 is 47.7 Å². The zero-order valence-corrected chi connectivity index (χ0v) is 39.0. The van der Waals surface area contributed by atoms with Crippen LogP contribution >= 0.6 is 0 Å². The number of fused-ring (bicyclic) bond motifs is 5. The molecule has 4 atom stereocenters. The van der Waals surface area contributed by atoms with Crippen LogP contribution in [0.15, 0.2) is 66.9 Å². The van der Waals surface area contributed by atoms with E-state index in [1.807, 2.05) is 30.3 Å². The van der Waals surface area contributed by atoms with Gasteiger partial charge in [0.2, 0.25) is 23.6 Å². The lowest BCUT2D eigenvalue weighted by Crippen LogP contribution is -2.56. The largest absolute Gasteiger partial charge is 0.492 e. The molecule has 356 valence electrons. The molecule has 1 aliphatic rings. The summed E-state index contributed by atoms with van der Waals surface area (Å²) in [5, 5.41) is 19.9. The van der Waals surface area contributed by atoms with Crippen molar-refractivity contribution >= 4 is 29.5 Å². The van der Waals surface area contributed by atoms with Crippen molar-refractivity contribution in [3.8, 4) is 40.1 Å². The number of amides is 5. The summed E-state index contributed by atoms with van der Waals surface area (Å²) >= 11 is 0. The summed E-state index contributed by atoms with van der Waals surface area (Å²) in [6.45, 7) is 9.96. The number of rotatable bonds is 17. The van der Waals surface area contributed by atoms with Gasteiger partial charge >= 0.3 is 0 Å². The van der Waals surface area contributed by atoms with Gasteiger partial charge in [-0.2, -0.15) is 5.26 Å². The molecule has 9 N–H and O–H groups in total. The molecule has 2 heterocycles. The number of ether oxygens (including phenoxy) is 2. The van der Waals surface area contributed by atoms with E-state index < -0.39 is 53.7 Å². The Bertz CT molecular complexity index is 2450. The van der Waals surface area contributed by atoms with Gasteiger partial charge in [-0.15, -0.1) is 0 Å². The number of nitrogens with zero attached hydrogens (tertiary/aromatic N) is 4. The number of nitrogens with two attached hydrogens (primary N) is 2. The lowest BCUT2D eigenvalue weighted by molar-refractivity contribution is -0.141. The van der Waals surface area contributed by atoms with Crippen LogP contribution in [0, 0.1) is 18.3 Å². The van der Waals surface area contributed by atoms with Gasteiger partial charge in [-0.05, 0) is 66.6 Å². The molecule has 0 saturated carbocycles. The van der Waals surface area contributed by atoms with Gasteiger partial charge in [-0.1, -0.05) is 57.2 Å². The Morgan fingerprint density at radius 3 is 2.22 bits per heavy atom. The van der Waals surface area contributed by atoms with Gasteiger partial charge < -0.3 is 51.9 Å². The summed E-state index contributed by atoms with van der Waals surface area (Å²) in [4.78, 5) is 86.0. The summed E-state index contributed by atoms with van der Waals surface area (Å²) in [6, 6.07) is 14.9. The van der Waals surface area contributed by atoms with E-state index in [0.29, 0.717) is 45.3 Å². The lowest BCUT2D eigenvalue weighted by Gasteiger charge is -2.32. The van der Waals surface area contributed by atoms with Gasteiger partial charge in [0.1, 0.15) is 55.4 Å². The molecule has 0 radical (unpaired) electrons. The topological polar surface area (TPSA) is 278 Å². The number of likely N-dealkylation sites (N-methyl/N-ethyl adjacent to an activating group) is 1. The fourth-order valence-electron chi connectivity index (χ4n) is 7.45. The van der Waals surface area contributed by atoms with Crippen molar-refractivity contribution in [3.63, 3.8) is 0 Å². The molecule has 0 saturated heterocycles. The molecular weight excluding hydrogens is 859 g/mol. The number of aryl methyl sites for hydroxylation is 1. The molecule has 3 aromatic carbocycles. The van der Waals surface area contributed by atoms with Crippen LogP contribution in [0.4, 0.5) is 0 Å². The highest BCUT2D eigenvalue weighted by molar-refractivity contribution is 6.00. The molecule has 67 heavy (non-hydrogen) atoms. The van der Waals surface area contributed by atoms with Crippen LogP contribution in [0.1, 0.15) is 72.9 Å². The van der Waals surface area contributed by atoms with E-state index in [4.69, 9.17) is 25.8 Å². The molecule has 4 bridgehead atoms. The fourth-order valence-corrected chi connectivity index (χ4v) is 7.45. The average Bonchev–Trinajstić information content (AvgIpc) is 3.30. The number of hydrogen-bond acceptors (Lipinski definition) is 14. The summed E-state index contributed by atoms with van der Waals surface area (Å²) < 4.78 is 12.2. The first-order valence-electron chi connectivity index (χ1n) is 22.0. The van der Waals surface area contributed by atoms with Crippen LogP contribution in [-0.2, 0) is 35.9 Å². The highest BCUT2D eigenvalue weighted by atomic mass is 16.6. The smallest absolute Gasteiger partial charge is 0.255 e. The second-order valence-electron chi connectivity index (χ2n) is 17.0. The highest BCUT2D eigenvalue weighted by Crippen LogP contribution is 2.40. The lowest BCUT2D eigenvalue weighted by atomic mass is 9.87. The number of carbonyl (C=O) groups is 5. The Hall–Kier alpha value is -6.98. The van der Waals surface area contributed by atoms with Crippen molar-refractivity contribution in [2.45, 2.75) is 77.0 Å². The fraction of sp³-hybridized carbons (Fsp3) is 0.417. The van der Waals surface area contributed by atoms with Crippen LogP contribution in [0.2, 0.25) is 0 Å². The van der Waals surface area contributed by atoms with E-state index >= 15 is 0 Å². The summed E-state index contributed by atoms with van der Waals surface area (Å²) in [5.74, 6) is -2.18. The molecule has 0 aliphatic carbocycles. The Morgan fingerprint density at radius 2 is 1.61 bits per heavy atom. The molecule has 4 aromatic rings. The van der Waals surface area contributed by atoms with E-state index in [-0.39, 0.29) is 63.2 Å². The van der Waals surface area contributed by atoms with Crippen LogP contribution in [0.5, 0.6) is 11.5 Å². The number of nitriles is 1. The van der Waals surface area contributed by atoms with Crippen LogP contribution in [0.3, 0.4) is 0 Å². The monoisotopic (exact) mass is 919 g/mol. The molecule has 1 aliphatic heterocycles. The Balaban J connectivity index is 1.57. The standard InChI is InChI=1S/C48H61N11O8/c1-28-36(27-53-42(55-28)31-9-12-33(13-10-31)48(3,4)5)44(61)57-37(16-20-54-65-7)47(64)59(6)41-32-11-15-40(67-23-19-51)35(26-32)34-24-30(8-14-39(34)66-22-18-50)25-38(45(62)52-21-17-49)58-43(60)29(2)56-46(41)63/h8-15,24,26-27,29,37-38,41,54H,16,18-23,25,50-51H2,1-7H3,(H,52,62)(H,56,63)(H,57,61)(H,58,60). The molecule has 19 heteroatoms. The van der Waals surface area contributed by atoms with Gasteiger partial charge in [0.15, 0.2) is 5.82 Å². The first-order chi connectivity index (χ1) is 32.0. The van der Waals surface area contributed by atoms with Gasteiger partial charge in [0, 0.05) is 56.0 Å². The normalized spacial score (nSPS) is 16.6. The molecule has 4 unspecified atom stereocenters. The third-order valence-electron chi connectivity index (χ3n) is 11.1. The summed E-state index contributed by atoms with van der Waals surface area (Å²) in [7, 11) is 2.83. The van der Waals surface area contributed by atoms with E-state index in [1.54, 1.807) is 43.3 Å². The van der Waals surface area contributed by atoms with Crippen molar-refractivity contribution in [2.24, 2.45) is 11.5 Å². The minimum absolute atomic E-state index is 0.00133. The number of hydrogen-bond donors (Lipinski definition) is 7. The number of hydroxylamine groups is 1. The molecule has 1 aromatic heterocycles. The molecule has 0 spiro atoms. The maximum Gasteiger partial charge on any atom is 0.255 e. The van der Waals surface area contributed by atoms with E-state index in [2.05, 4.69) is 57.5 Å². The molecule has 5 amide bonds. The summed E-state index contributed by atoms with van der Waals surface area (Å²) in [6.07, 6.45) is 1.43. The van der Waals surface area contributed by atoms with Gasteiger partial charge in [-0.3, -0.25) is 24.0 Å². The van der Waals surface area contributed by atoms with E-state index in [9.17, 15) is 29.2 Å². The number of benzene rings is 3. The first-order valence-corrected chi connectivity index (χ1v) is 22.0. The number of nitrogens with one attached hydrogen (secondary N) is 5. The minimum atomic E-state index is -1.41. The second-order valence-corrected chi connectivity index (χ2v) is 17.0. The Morgan fingerprint density at radius 1 is 0.955 bits per heavy atom. The zero-order chi connectivity index (χ0) is 48.8. The molecule has 5 rings (SSSR count). The number of aromatic nitrogens is 2. The van der Waals surface area contributed by atoms with Crippen molar-refractivity contribution in [2.75, 3.05) is 53.6 Å².